The topological polar surface area (TPSA) is 62.6 Å². The minimum Gasteiger partial charge on any atom is -0.472 e. The van der Waals surface area contributed by atoms with Gasteiger partial charge in [0.1, 0.15) is 6.26 Å². The minimum atomic E-state index is -0.314. The third-order valence-corrected chi connectivity index (χ3v) is 3.34. The van der Waals surface area contributed by atoms with Crippen LogP contribution in [0.1, 0.15) is 15.9 Å². The van der Waals surface area contributed by atoms with Gasteiger partial charge in [-0.15, -0.1) is 0 Å². The van der Waals surface area contributed by atoms with Crippen LogP contribution in [0.4, 0.5) is 0 Å². The number of carbonyl (C=O) groups excluding carboxylic acids is 2. The molecule has 6 heteroatoms. The Bertz CT molecular complexity index is 534. The molecule has 0 bridgehead atoms. The number of carbonyl (C=O) groups is 2. The Balaban J connectivity index is 1.79. The SMILES string of the molecule is CN(Cc1ccsc1)C(=O)CNC(=O)c1ccoc1. The molecule has 2 rings (SSSR count). The molecule has 0 spiro atoms. The van der Waals surface area contributed by atoms with Crippen LogP contribution in [0, 0.1) is 0 Å². The van der Waals surface area contributed by atoms with Gasteiger partial charge in [-0.25, -0.2) is 0 Å². The van der Waals surface area contributed by atoms with Crippen LogP contribution in [0.5, 0.6) is 0 Å². The molecule has 0 atom stereocenters. The number of hydrogen-bond donors (Lipinski definition) is 1. The van der Waals surface area contributed by atoms with Gasteiger partial charge in [0, 0.05) is 13.6 Å². The molecule has 0 fully saturated rings. The van der Waals surface area contributed by atoms with Gasteiger partial charge in [0.25, 0.3) is 5.91 Å². The average molecular weight is 278 g/mol. The first-order chi connectivity index (χ1) is 9.16. The van der Waals surface area contributed by atoms with Gasteiger partial charge in [-0.3, -0.25) is 9.59 Å². The van der Waals surface area contributed by atoms with Gasteiger partial charge in [-0.2, -0.15) is 11.3 Å². The Hall–Kier alpha value is -2.08. The third kappa shape index (κ3) is 3.69. The molecule has 2 aromatic heterocycles. The Morgan fingerprint density at radius 1 is 1.42 bits per heavy atom. The van der Waals surface area contributed by atoms with Crippen LogP contribution in [0.2, 0.25) is 0 Å². The highest BCUT2D eigenvalue weighted by atomic mass is 32.1. The number of thiophene rings is 1. The summed E-state index contributed by atoms with van der Waals surface area (Å²) in [5.74, 6) is -0.450. The minimum absolute atomic E-state index is 0.0232. The van der Waals surface area contributed by atoms with E-state index in [4.69, 9.17) is 4.42 Å². The maximum atomic E-state index is 11.8. The predicted molar refractivity (Wildman–Crippen MR) is 71.8 cm³/mol. The lowest BCUT2D eigenvalue weighted by Gasteiger charge is -2.16. The van der Waals surface area contributed by atoms with Gasteiger partial charge in [-0.05, 0) is 28.5 Å². The molecule has 0 aliphatic heterocycles. The Morgan fingerprint density at radius 3 is 2.89 bits per heavy atom. The Labute approximate surface area is 114 Å². The highest BCUT2D eigenvalue weighted by Gasteiger charge is 2.12. The van der Waals surface area contributed by atoms with Crippen molar-refractivity contribution in [3.05, 3.63) is 46.5 Å². The fourth-order valence-corrected chi connectivity index (χ4v) is 2.19. The molecule has 0 aromatic carbocycles. The van der Waals surface area contributed by atoms with Crippen LogP contribution in [-0.2, 0) is 11.3 Å². The first-order valence-electron chi connectivity index (χ1n) is 5.72. The van der Waals surface area contributed by atoms with E-state index in [0.717, 1.165) is 5.56 Å². The van der Waals surface area contributed by atoms with Crippen molar-refractivity contribution in [2.24, 2.45) is 0 Å². The lowest BCUT2D eigenvalue weighted by molar-refractivity contribution is -0.129. The molecular weight excluding hydrogens is 264 g/mol. The zero-order valence-corrected chi connectivity index (χ0v) is 11.3. The van der Waals surface area contributed by atoms with Crippen molar-refractivity contribution in [1.29, 1.82) is 0 Å². The number of nitrogens with zero attached hydrogens (tertiary/aromatic N) is 1. The Morgan fingerprint density at radius 2 is 2.26 bits per heavy atom. The van der Waals surface area contributed by atoms with Gasteiger partial charge in [0.2, 0.25) is 5.91 Å². The van der Waals surface area contributed by atoms with E-state index in [9.17, 15) is 9.59 Å². The van der Waals surface area contributed by atoms with E-state index in [2.05, 4.69) is 5.32 Å². The van der Waals surface area contributed by atoms with E-state index in [-0.39, 0.29) is 18.4 Å². The van der Waals surface area contributed by atoms with Crippen LogP contribution in [0.3, 0.4) is 0 Å². The van der Waals surface area contributed by atoms with Crippen molar-refractivity contribution in [3.8, 4) is 0 Å². The summed E-state index contributed by atoms with van der Waals surface area (Å²) >= 11 is 1.59. The molecule has 0 unspecified atom stereocenters. The van der Waals surface area contributed by atoms with Gasteiger partial charge in [0.15, 0.2) is 0 Å². The first-order valence-corrected chi connectivity index (χ1v) is 6.66. The summed E-state index contributed by atoms with van der Waals surface area (Å²) in [4.78, 5) is 25.0. The van der Waals surface area contributed by atoms with Gasteiger partial charge in [-0.1, -0.05) is 0 Å². The standard InChI is InChI=1S/C13H14N2O3S/c1-15(7-10-3-5-19-9-10)12(16)6-14-13(17)11-2-4-18-8-11/h2-5,8-9H,6-7H2,1H3,(H,14,17). The maximum Gasteiger partial charge on any atom is 0.254 e. The summed E-state index contributed by atoms with van der Waals surface area (Å²) in [6.07, 6.45) is 2.76. The van der Waals surface area contributed by atoms with Crippen molar-refractivity contribution < 1.29 is 14.0 Å². The van der Waals surface area contributed by atoms with Gasteiger partial charge < -0.3 is 14.6 Å². The average Bonchev–Trinajstić information content (AvgIpc) is 3.07. The summed E-state index contributed by atoms with van der Waals surface area (Å²) in [6.45, 7) is 0.522. The van der Waals surface area contributed by atoms with Crippen LogP contribution in [-0.4, -0.2) is 30.3 Å². The zero-order chi connectivity index (χ0) is 13.7. The zero-order valence-electron chi connectivity index (χ0n) is 10.5. The number of hydrogen-bond acceptors (Lipinski definition) is 4. The molecule has 0 saturated carbocycles. The monoisotopic (exact) mass is 278 g/mol. The summed E-state index contributed by atoms with van der Waals surface area (Å²) in [5, 5.41) is 6.52. The number of furan rings is 1. The van der Waals surface area contributed by atoms with Crippen molar-refractivity contribution in [1.82, 2.24) is 10.2 Å². The van der Waals surface area contributed by atoms with Crippen LogP contribution in [0.25, 0.3) is 0 Å². The summed E-state index contributed by atoms with van der Waals surface area (Å²) in [7, 11) is 1.71. The lowest BCUT2D eigenvalue weighted by Crippen LogP contribution is -2.37. The molecule has 100 valence electrons. The number of likely N-dealkylation sites (N-methyl/N-ethyl adjacent to an activating group) is 1. The van der Waals surface area contributed by atoms with E-state index in [0.29, 0.717) is 12.1 Å². The summed E-state index contributed by atoms with van der Waals surface area (Å²) in [5.41, 5.74) is 1.50. The highest BCUT2D eigenvalue weighted by molar-refractivity contribution is 7.07. The van der Waals surface area contributed by atoms with E-state index < -0.39 is 0 Å². The fraction of sp³-hybridized carbons (Fsp3) is 0.231. The normalized spacial score (nSPS) is 10.2. The van der Waals surface area contributed by atoms with Crippen molar-refractivity contribution in [3.63, 3.8) is 0 Å². The second-order valence-electron chi connectivity index (χ2n) is 4.08. The number of amides is 2. The fourth-order valence-electron chi connectivity index (χ4n) is 1.53. The molecule has 0 saturated heterocycles. The molecule has 0 aliphatic carbocycles. The molecule has 0 aliphatic rings. The van der Waals surface area contributed by atoms with Crippen LogP contribution in [0.15, 0.2) is 39.8 Å². The van der Waals surface area contributed by atoms with Gasteiger partial charge in [0.05, 0.1) is 18.4 Å². The molecule has 2 amide bonds. The summed E-state index contributed by atoms with van der Waals surface area (Å²) < 4.78 is 4.81. The Kier molecular flexibility index (Phi) is 4.35. The first kappa shape index (κ1) is 13.4. The second kappa shape index (κ2) is 6.19. The predicted octanol–water partition coefficient (Wildman–Crippen LogP) is 1.73. The van der Waals surface area contributed by atoms with Crippen LogP contribution < -0.4 is 5.32 Å². The molecule has 2 heterocycles. The quantitative estimate of drug-likeness (QED) is 0.906. The largest absolute Gasteiger partial charge is 0.472 e. The molecule has 5 nitrogen and oxygen atoms in total. The molecule has 19 heavy (non-hydrogen) atoms. The lowest BCUT2D eigenvalue weighted by atomic mass is 10.3. The summed E-state index contributed by atoms with van der Waals surface area (Å²) in [6, 6.07) is 3.52. The smallest absolute Gasteiger partial charge is 0.254 e. The van der Waals surface area contributed by atoms with Crippen molar-refractivity contribution in [2.75, 3.05) is 13.6 Å². The second-order valence-corrected chi connectivity index (χ2v) is 4.86. The van der Waals surface area contributed by atoms with E-state index in [1.807, 2.05) is 16.8 Å². The maximum absolute atomic E-state index is 11.8. The van der Waals surface area contributed by atoms with Crippen molar-refractivity contribution in [2.45, 2.75) is 6.54 Å². The highest BCUT2D eigenvalue weighted by Crippen LogP contribution is 2.08. The third-order valence-electron chi connectivity index (χ3n) is 2.61. The molecule has 2 aromatic rings. The number of rotatable bonds is 5. The van der Waals surface area contributed by atoms with Gasteiger partial charge >= 0.3 is 0 Å². The van der Waals surface area contributed by atoms with E-state index >= 15 is 0 Å². The molecular formula is C13H14N2O3S. The van der Waals surface area contributed by atoms with Crippen LogP contribution >= 0.6 is 11.3 Å². The molecule has 0 radical (unpaired) electrons. The van der Waals surface area contributed by atoms with Crippen molar-refractivity contribution >= 4 is 23.2 Å². The van der Waals surface area contributed by atoms with E-state index in [1.54, 1.807) is 29.4 Å². The number of nitrogens with one attached hydrogen (secondary N) is 1. The molecule has 1 N–H and O–H groups in total. The van der Waals surface area contributed by atoms with E-state index in [1.165, 1.54) is 12.5 Å².